The number of anilines is 2. The molecule has 0 saturated heterocycles. The van der Waals surface area contributed by atoms with E-state index in [0.29, 0.717) is 11.4 Å². The molecule has 0 atom stereocenters. The Morgan fingerprint density at radius 3 is 2.95 bits per heavy atom. The van der Waals surface area contributed by atoms with Gasteiger partial charge in [0.2, 0.25) is 0 Å². The van der Waals surface area contributed by atoms with Gasteiger partial charge >= 0.3 is 0 Å². The predicted octanol–water partition coefficient (Wildman–Crippen LogP) is 3.80. The van der Waals surface area contributed by atoms with Gasteiger partial charge in [-0.05, 0) is 31.4 Å². The van der Waals surface area contributed by atoms with Crippen LogP contribution in [0.1, 0.15) is 22.6 Å². The van der Waals surface area contributed by atoms with Crippen molar-refractivity contribution in [3.8, 4) is 6.07 Å². The van der Waals surface area contributed by atoms with Crippen molar-refractivity contribution in [1.82, 2.24) is 9.97 Å². The molecule has 0 radical (unpaired) electrons. The summed E-state index contributed by atoms with van der Waals surface area (Å²) < 4.78 is 0. The minimum Gasteiger partial charge on any atom is -0.315 e. The fourth-order valence-electron chi connectivity index (χ4n) is 2.64. The lowest BCUT2D eigenvalue weighted by Gasteiger charge is -2.06. The molecule has 102 valence electrons. The normalized spacial score (nSPS) is 13.1. The van der Waals surface area contributed by atoms with E-state index < -0.39 is 0 Å². The molecule has 21 heavy (non-hydrogen) atoms. The smallest absolute Gasteiger partial charge is 0.188 e. The average Bonchev–Trinajstić information content (AvgIpc) is 3.07. The van der Waals surface area contributed by atoms with Gasteiger partial charge in [-0.25, -0.2) is 9.97 Å². The molecule has 1 aliphatic carbocycles. The van der Waals surface area contributed by atoms with Crippen molar-refractivity contribution in [1.29, 1.82) is 5.26 Å². The average molecular weight is 292 g/mol. The van der Waals surface area contributed by atoms with Crippen molar-refractivity contribution in [3.05, 3.63) is 46.5 Å². The molecule has 2 aromatic heterocycles. The Labute approximate surface area is 126 Å². The van der Waals surface area contributed by atoms with Crippen LogP contribution in [0.15, 0.2) is 30.3 Å². The van der Waals surface area contributed by atoms with Gasteiger partial charge in [0.15, 0.2) is 10.9 Å². The summed E-state index contributed by atoms with van der Waals surface area (Å²) in [5.41, 5.74) is 2.62. The Morgan fingerprint density at radius 1 is 1.19 bits per heavy atom. The van der Waals surface area contributed by atoms with E-state index in [1.165, 1.54) is 17.0 Å². The van der Waals surface area contributed by atoms with Crippen LogP contribution in [0.4, 0.5) is 10.9 Å². The highest BCUT2D eigenvalue weighted by Gasteiger charge is 2.17. The second-order valence-corrected chi connectivity index (χ2v) is 6.14. The van der Waals surface area contributed by atoms with Gasteiger partial charge in [-0.15, -0.1) is 11.3 Å². The molecule has 1 aliphatic rings. The summed E-state index contributed by atoms with van der Waals surface area (Å²) >= 11 is 1.67. The third kappa shape index (κ3) is 2.14. The Balaban J connectivity index is 1.76. The van der Waals surface area contributed by atoms with Crippen molar-refractivity contribution >= 4 is 33.2 Å². The molecule has 2 heterocycles. The molecule has 0 spiro atoms. The van der Waals surface area contributed by atoms with Gasteiger partial charge in [-0.3, -0.25) is 0 Å². The first-order valence-corrected chi connectivity index (χ1v) is 7.70. The number of benzene rings is 1. The number of hydrogen-bond acceptors (Lipinski definition) is 5. The van der Waals surface area contributed by atoms with Crippen LogP contribution < -0.4 is 5.32 Å². The van der Waals surface area contributed by atoms with Crippen LogP contribution in [-0.2, 0) is 12.8 Å². The maximum atomic E-state index is 9.33. The van der Waals surface area contributed by atoms with Crippen LogP contribution in [0, 0.1) is 11.3 Å². The summed E-state index contributed by atoms with van der Waals surface area (Å²) in [5.74, 6) is 0.587. The summed E-state index contributed by atoms with van der Waals surface area (Å²) in [7, 11) is 0. The Morgan fingerprint density at radius 2 is 2.10 bits per heavy atom. The van der Waals surface area contributed by atoms with Gasteiger partial charge in [0.05, 0.1) is 16.8 Å². The van der Waals surface area contributed by atoms with E-state index in [1.807, 2.05) is 30.3 Å². The summed E-state index contributed by atoms with van der Waals surface area (Å²) in [6.07, 6.45) is 3.38. The van der Waals surface area contributed by atoms with E-state index in [9.17, 15) is 5.26 Å². The van der Waals surface area contributed by atoms with Crippen LogP contribution >= 0.6 is 11.3 Å². The van der Waals surface area contributed by atoms with Gasteiger partial charge in [0, 0.05) is 10.3 Å². The molecule has 0 bridgehead atoms. The zero-order valence-corrected chi connectivity index (χ0v) is 12.1. The molecule has 4 nitrogen and oxygen atoms in total. The monoisotopic (exact) mass is 292 g/mol. The lowest BCUT2D eigenvalue weighted by atomic mass is 10.1. The van der Waals surface area contributed by atoms with Crippen LogP contribution in [0.3, 0.4) is 0 Å². The molecular formula is C16H12N4S. The number of aromatic nitrogens is 2. The quantitative estimate of drug-likeness (QED) is 0.780. The summed E-state index contributed by atoms with van der Waals surface area (Å²) in [6, 6.07) is 11.9. The van der Waals surface area contributed by atoms with Crippen LogP contribution in [0.5, 0.6) is 0 Å². The minimum atomic E-state index is 0.545. The number of aryl methyl sites for hydroxylation is 2. The van der Waals surface area contributed by atoms with Crippen LogP contribution in [-0.4, -0.2) is 9.97 Å². The van der Waals surface area contributed by atoms with Gasteiger partial charge < -0.3 is 5.32 Å². The molecule has 0 amide bonds. The van der Waals surface area contributed by atoms with E-state index in [4.69, 9.17) is 0 Å². The summed E-state index contributed by atoms with van der Waals surface area (Å²) in [6.45, 7) is 0. The standard InChI is InChI=1S/C16H12N4S/c17-9-11-8-10-4-1-2-5-12(10)18-15(11)20-16-19-13-6-3-7-14(13)21-16/h1-2,4-5,8H,3,6-7H2,(H,18,19,20). The molecule has 1 N–H and O–H groups in total. The molecular weight excluding hydrogens is 280 g/mol. The SMILES string of the molecule is N#Cc1cc2ccccc2nc1Nc1nc2c(s1)CCC2. The van der Waals surface area contributed by atoms with Gasteiger partial charge in [-0.1, -0.05) is 18.2 Å². The Kier molecular flexibility index (Phi) is 2.83. The Hall–Kier alpha value is -2.45. The number of pyridine rings is 1. The molecule has 0 saturated carbocycles. The van der Waals surface area contributed by atoms with Crippen molar-refractivity contribution in [3.63, 3.8) is 0 Å². The third-order valence-electron chi connectivity index (χ3n) is 3.67. The van der Waals surface area contributed by atoms with Gasteiger partial charge in [0.25, 0.3) is 0 Å². The zero-order valence-electron chi connectivity index (χ0n) is 11.3. The number of nitrogens with zero attached hydrogens (tertiary/aromatic N) is 3. The summed E-state index contributed by atoms with van der Waals surface area (Å²) in [4.78, 5) is 10.5. The molecule has 0 unspecified atom stereocenters. The van der Waals surface area contributed by atoms with Gasteiger partial charge in [-0.2, -0.15) is 5.26 Å². The fraction of sp³-hybridized carbons (Fsp3) is 0.188. The first kappa shape index (κ1) is 12.3. The predicted molar refractivity (Wildman–Crippen MR) is 83.9 cm³/mol. The topological polar surface area (TPSA) is 61.6 Å². The maximum Gasteiger partial charge on any atom is 0.188 e. The minimum absolute atomic E-state index is 0.545. The van der Waals surface area contributed by atoms with E-state index in [1.54, 1.807) is 11.3 Å². The molecule has 3 aromatic rings. The Bertz CT molecular complexity index is 854. The largest absolute Gasteiger partial charge is 0.315 e. The van der Waals surface area contributed by atoms with Crippen molar-refractivity contribution in [2.75, 3.05) is 5.32 Å². The second-order valence-electron chi connectivity index (χ2n) is 5.06. The lowest BCUT2D eigenvalue weighted by Crippen LogP contribution is -1.97. The number of nitrogens with one attached hydrogen (secondary N) is 1. The molecule has 1 aromatic carbocycles. The third-order valence-corrected chi connectivity index (χ3v) is 4.74. The van der Waals surface area contributed by atoms with Crippen molar-refractivity contribution < 1.29 is 0 Å². The van der Waals surface area contributed by atoms with Crippen LogP contribution in [0.25, 0.3) is 10.9 Å². The molecule has 0 aliphatic heterocycles. The highest BCUT2D eigenvalue weighted by molar-refractivity contribution is 7.15. The van der Waals surface area contributed by atoms with E-state index >= 15 is 0 Å². The molecule has 4 rings (SSSR count). The lowest BCUT2D eigenvalue weighted by molar-refractivity contribution is 0.900. The highest BCUT2D eigenvalue weighted by Crippen LogP contribution is 2.32. The zero-order chi connectivity index (χ0) is 14.2. The van der Waals surface area contributed by atoms with Gasteiger partial charge in [0.1, 0.15) is 6.07 Å². The number of fused-ring (bicyclic) bond motifs is 2. The van der Waals surface area contributed by atoms with Crippen molar-refractivity contribution in [2.45, 2.75) is 19.3 Å². The number of para-hydroxylation sites is 1. The maximum absolute atomic E-state index is 9.33. The molecule has 0 fully saturated rings. The number of rotatable bonds is 2. The fourth-order valence-corrected chi connectivity index (χ4v) is 3.69. The van der Waals surface area contributed by atoms with E-state index in [2.05, 4.69) is 21.4 Å². The van der Waals surface area contributed by atoms with E-state index in [-0.39, 0.29) is 0 Å². The first-order chi connectivity index (χ1) is 10.3. The molecule has 5 heteroatoms. The highest BCUT2D eigenvalue weighted by atomic mass is 32.1. The number of hydrogen-bond donors (Lipinski definition) is 1. The first-order valence-electron chi connectivity index (χ1n) is 6.89. The second kappa shape index (κ2) is 4.83. The number of thiazole rings is 1. The van der Waals surface area contributed by atoms with Crippen molar-refractivity contribution in [2.24, 2.45) is 0 Å². The van der Waals surface area contributed by atoms with Crippen LogP contribution in [0.2, 0.25) is 0 Å². The summed E-state index contributed by atoms with van der Waals surface area (Å²) in [5, 5.41) is 14.4. The van der Waals surface area contributed by atoms with E-state index in [0.717, 1.165) is 28.9 Å². The number of nitriles is 1.